The van der Waals surface area contributed by atoms with E-state index in [1.54, 1.807) is 23.9 Å². The van der Waals surface area contributed by atoms with Crippen molar-refractivity contribution in [2.45, 2.75) is 24.6 Å². The molecule has 0 bridgehead atoms. The first-order chi connectivity index (χ1) is 12.9. The van der Waals surface area contributed by atoms with E-state index in [0.29, 0.717) is 5.75 Å². The number of carbonyl (C=O) groups excluding carboxylic acids is 2. The Hall–Kier alpha value is -0.270. The first-order valence-corrected chi connectivity index (χ1v) is 10.9. The zero-order valence-electron chi connectivity index (χ0n) is 14.2. The number of halogens is 6. The molecule has 0 aromatic heterocycles. The molecule has 2 unspecified atom stereocenters. The number of hydrogen-bond donors (Lipinski definition) is 2. The maximum Gasteiger partial charge on any atom is 0.272 e. The number of thioether (sulfide) groups is 1. The Morgan fingerprint density at radius 2 is 1.46 bits per heavy atom. The van der Waals surface area contributed by atoms with Gasteiger partial charge in [-0.1, -0.05) is 106 Å². The molecule has 0 heterocycles. The summed E-state index contributed by atoms with van der Waals surface area (Å²) in [6.07, 6.45) is 4.79. The van der Waals surface area contributed by atoms with E-state index in [4.69, 9.17) is 69.6 Å². The minimum Gasteiger partial charge on any atom is -0.344 e. The summed E-state index contributed by atoms with van der Waals surface area (Å²) < 4.78 is -4.37. The molecule has 0 radical (unpaired) electrons. The van der Waals surface area contributed by atoms with Crippen molar-refractivity contribution >= 4 is 93.2 Å². The predicted molar refractivity (Wildman–Crippen MR) is 121 cm³/mol. The van der Waals surface area contributed by atoms with Crippen LogP contribution in [0.1, 0.15) is 0 Å². The van der Waals surface area contributed by atoms with E-state index in [2.05, 4.69) is 17.2 Å². The van der Waals surface area contributed by atoms with E-state index in [1.165, 1.54) is 6.08 Å². The van der Waals surface area contributed by atoms with Gasteiger partial charge in [0.05, 0.1) is 12.1 Å². The van der Waals surface area contributed by atoms with Gasteiger partial charge >= 0.3 is 0 Å². The number of nitrogens with one attached hydrogen (secondary N) is 2. The van der Waals surface area contributed by atoms with Gasteiger partial charge in [-0.2, -0.15) is 0 Å². The van der Waals surface area contributed by atoms with Gasteiger partial charge in [-0.25, -0.2) is 0 Å². The van der Waals surface area contributed by atoms with E-state index in [-0.39, 0.29) is 0 Å². The van der Waals surface area contributed by atoms with Gasteiger partial charge in [-0.05, 0) is 12.1 Å². The number of carbonyl (C=O) groups is 2. The fraction of sp³-hybridized carbons (Fsp3) is 0.294. The Bertz CT molecular complexity index is 704. The van der Waals surface area contributed by atoms with Gasteiger partial charge < -0.3 is 10.6 Å². The molecule has 0 fully saturated rings. The van der Waals surface area contributed by atoms with Crippen LogP contribution in [0.5, 0.6) is 0 Å². The van der Waals surface area contributed by atoms with Crippen LogP contribution in [0.3, 0.4) is 0 Å². The highest BCUT2D eigenvalue weighted by molar-refractivity contribution is 7.99. The van der Waals surface area contributed by atoms with Gasteiger partial charge in [0.2, 0.25) is 0 Å². The lowest BCUT2D eigenvalue weighted by molar-refractivity contribution is -0.123. The van der Waals surface area contributed by atoms with Gasteiger partial charge in [0.15, 0.2) is 0 Å². The molecule has 0 spiro atoms. The van der Waals surface area contributed by atoms with E-state index in [0.717, 1.165) is 4.90 Å². The second-order valence-corrected chi connectivity index (χ2v) is 10.9. The molecular formula is C17H16Cl6N2O2S. The summed E-state index contributed by atoms with van der Waals surface area (Å²) in [4.78, 5) is 25.1. The predicted octanol–water partition coefficient (Wildman–Crippen LogP) is 5.23. The van der Waals surface area contributed by atoms with E-state index >= 15 is 0 Å². The quantitative estimate of drug-likeness (QED) is 0.278. The second kappa shape index (κ2) is 11.8. The zero-order chi connectivity index (χ0) is 21.4. The van der Waals surface area contributed by atoms with E-state index in [9.17, 15) is 9.59 Å². The molecular weight excluding hydrogens is 509 g/mol. The molecule has 1 aromatic carbocycles. The van der Waals surface area contributed by atoms with Crippen molar-refractivity contribution in [3.8, 4) is 0 Å². The average molecular weight is 525 g/mol. The maximum absolute atomic E-state index is 12.1. The number of benzene rings is 1. The lowest BCUT2D eigenvalue weighted by Crippen LogP contribution is -2.53. The molecule has 11 heteroatoms. The van der Waals surface area contributed by atoms with E-state index in [1.807, 2.05) is 30.3 Å². The molecule has 0 aliphatic heterocycles. The van der Waals surface area contributed by atoms with Crippen molar-refractivity contribution in [3.63, 3.8) is 0 Å². The van der Waals surface area contributed by atoms with Gasteiger partial charge in [0.1, 0.15) is 0 Å². The lowest BCUT2D eigenvalue weighted by atomic mass is 10.1. The van der Waals surface area contributed by atoms with Crippen molar-refractivity contribution in [1.82, 2.24) is 10.6 Å². The molecule has 0 saturated carbocycles. The van der Waals surface area contributed by atoms with E-state index < -0.39 is 31.5 Å². The minimum atomic E-state index is -2.18. The van der Waals surface area contributed by atoms with Crippen LogP contribution in [0.25, 0.3) is 0 Å². The van der Waals surface area contributed by atoms with Gasteiger partial charge in [-0.3, -0.25) is 9.59 Å². The smallest absolute Gasteiger partial charge is 0.272 e. The monoisotopic (exact) mass is 522 g/mol. The largest absolute Gasteiger partial charge is 0.344 e. The molecule has 1 aromatic rings. The van der Waals surface area contributed by atoms with Crippen LogP contribution in [0.15, 0.2) is 60.0 Å². The fourth-order valence-electron chi connectivity index (χ4n) is 1.88. The van der Waals surface area contributed by atoms with Gasteiger partial charge in [0.25, 0.3) is 19.4 Å². The molecule has 1 rings (SSSR count). The third-order valence-corrected chi connectivity index (χ3v) is 5.18. The Balaban J connectivity index is 2.89. The Morgan fingerprint density at radius 3 is 1.93 bits per heavy atom. The lowest BCUT2D eigenvalue weighted by Gasteiger charge is -2.26. The number of rotatable bonds is 8. The van der Waals surface area contributed by atoms with Gasteiger partial charge in [0, 0.05) is 10.6 Å². The summed E-state index contributed by atoms with van der Waals surface area (Å²) in [7, 11) is 0. The maximum atomic E-state index is 12.1. The SMILES string of the molecule is C=CC(NC(=O)C(Cl)(Cl)Cl)C(/C=C/CSc1ccccc1)NC(=O)C(Cl)(Cl)Cl. The van der Waals surface area contributed by atoms with Crippen LogP contribution in [-0.2, 0) is 9.59 Å². The van der Waals surface area contributed by atoms with Crippen LogP contribution in [0.2, 0.25) is 0 Å². The summed E-state index contributed by atoms with van der Waals surface area (Å²) in [6.45, 7) is 3.63. The summed E-state index contributed by atoms with van der Waals surface area (Å²) >= 11 is 35.1. The fourth-order valence-corrected chi connectivity index (χ4v) is 2.96. The molecule has 0 aliphatic carbocycles. The standard InChI is InChI=1S/C17H16Cl6N2O2S/c1-2-12(24-14(26)16(18,19)20)13(25-15(27)17(21,22)23)9-6-10-28-11-7-4-3-5-8-11/h2-9,12-13H,1,10H2,(H,24,26)(H,25,27)/b9-6+. The first kappa shape index (κ1) is 25.8. The van der Waals surface area contributed by atoms with Crippen molar-refractivity contribution in [2.75, 3.05) is 5.75 Å². The zero-order valence-corrected chi connectivity index (χ0v) is 19.5. The van der Waals surface area contributed by atoms with Crippen LogP contribution in [0, 0.1) is 0 Å². The number of hydrogen-bond acceptors (Lipinski definition) is 3. The molecule has 154 valence electrons. The Labute approximate surface area is 197 Å². The van der Waals surface area contributed by atoms with Gasteiger partial charge in [-0.15, -0.1) is 18.3 Å². The highest BCUT2D eigenvalue weighted by atomic mass is 35.6. The molecule has 2 atom stereocenters. The minimum absolute atomic E-state index is 0.590. The highest BCUT2D eigenvalue weighted by Gasteiger charge is 2.36. The third kappa shape index (κ3) is 9.49. The van der Waals surface area contributed by atoms with Crippen molar-refractivity contribution in [2.24, 2.45) is 0 Å². The summed E-state index contributed by atoms with van der Waals surface area (Å²) in [6, 6.07) is 8.09. The van der Waals surface area contributed by atoms with Crippen molar-refractivity contribution in [3.05, 3.63) is 55.1 Å². The van der Waals surface area contributed by atoms with Crippen LogP contribution in [-0.4, -0.2) is 37.2 Å². The summed E-state index contributed by atoms with van der Waals surface area (Å²) in [5.41, 5.74) is 0. The van der Waals surface area contributed by atoms with Crippen LogP contribution >= 0.6 is 81.4 Å². The Kier molecular flexibility index (Phi) is 10.9. The second-order valence-electron chi connectivity index (χ2n) is 5.28. The molecule has 0 saturated heterocycles. The number of amides is 2. The average Bonchev–Trinajstić information content (AvgIpc) is 2.61. The third-order valence-electron chi connectivity index (χ3n) is 3.18. The van der Waals surface area contributed by atoms with Crippen molar-refractivity contribution < 1.29 is 9.59 Å². The van der Waals surface area contributed by atoms with Crippen LogP contribution in [0.4, 0.5) is 0 Å². The van der Waals surface area contributed by atoms with Crippen LogP contribution < -0.4 is 10.6 Å². The Morgan fingerprint density at radius 1 is 0.964 bits per heavy atom. The first-order valence-electron chi connectivity index (χ1n) is 7.67. The molecule has 2 amide bonds. The summed E-state index contributed by atoms with van der Waals surface area (Å²) in [5, 5.41) is 4.98. The molecule has 28 heavy (non-hydrogen) atoms. The number of alkyl halides is 6. The topological polar surface area (TPSA) is 58.2 Å². The molecule has 2 N–H and O–H groups in total. The highest BCUT2D eigenvalue weighted by Crippen LogP contribution is 2.27. The molecule has 0 aliphatic rings. The van der Waals surface area contributed by atoms with Crippen molar-refractivity contribution in [1.29, 1.82) is 0 Å². The molecule has 4 nitrogen and oxygen atoms in total. The normalized spacial score (nSPS) is 14.4. The summed E-state index contributed by atoms with van der Waals surface area (Å²) in [5.74, 6) is -1.17.